The number of carboxylic acid groups (broad SMARTS) is 1. The molecular weight excluding hydrogens is 448 g/mol. The summed E-state index contributed by atoms with van der Waals surface area (Å²) in [6, 6.07) is 19.5. The van der Waals surface area contributed by atoms with E-state index >= 15 is 0 Å². The number of carbonyl (C=O) groups excluding carboxylic acids is 2. The zero-order valence-corrected chi connectivity index (χ0v) is 19.4. The monoisotopic (exact) mass is 474 g/mol. The topological polar surface area (TPSA) is 114 Å². The lowest BCUT2D eigenvalue weighted by Gasteiger charge is -2.17. The van der Waals surface area contributed by atoms with Crippen LogP contribution in [0.25, 0.3) is 11.1 Å². The van der Waals surface area contributed by atoms with E-state index in [9.17, 15) is 19.5 Å². The fraction of sp³-hybridized carbons (Fsp3) is 0.222. The van der Waals surface area contributed by atoms with Crippen molar-refractivity contribution in [3.8, 4) is 16.9 Å². The second-order valence-corrected chi connectivity index (χ2v) is 8.13. The molecule has 0 bridgehead atoms. The molecule has 0 saturated heterocycles. The molecule has 1 aliphatic rings. The van der Waals surface area contributed by atoms with E-state index in [-0.39, 0.29) is 30.2 Å². The van der Waals surface area contributed by atoms with Crippen molar-refractivity contribution in [1.29, 1.82) is 0 Å². The molecule has 0 radical (unpaired) electrons. The number of carboxylic acids is 1. The summed E-state index contributed by atoms with van der Waals surface area (Å²) in [7, 11) is 1.45. The molecule has 8 nitrogen and oxygen atoms in total. The number of nitrogens with one attached hydrogen (secondary N) is 2. The van der Waals surface area contributed by atoms with Gasteiger partial charge in [-0.3, -0.25) is 10.1 Å². The fourth-order valence-electron chi connectivity index (χ4n) is 4.27. The molecule has 180 valence electrons. The van der Waals surface area contributed by atoms with Crippen molar-refractivity contribution in [3.63, 3.8) is 0 Å². The van der Waals surface area contributed by atoms with Crippen molar-refractivity contribution < 1.29 is 29.0 Å². The first kappa shape index (κ1) is 23.8. The first-order valence-corrected chi connectivity index (χ1v) is 11.3. The standard InChI is InChI=1S/C27H26N2O6/c1-3-23(26(31)32)28-25(30)21-14-16(34-2)12-13-24(21)29-27(33)35-15-22-19-10-6-4-8-17(19)18-9-5-7-11-20(18)22/h4-14,22-23H,3,15H2,1-2H3,(H,28,30)(H,29,33)(H,31,32)/t23-/m1/s1. The Morgan fingerprint density at radius 2 is 1.60 bits per heavy atom. The van der Waals surface area contributed by atoms with Gasteiger partial charge in [0.05, 0.1) is 18.4 Å². The highest BCUT2D eigenvalue weighted by molar-refractivity contribution is 6.04. The molecule has 2 amide bonds. The summed E-state index contributed by atoms with van der Waals surface area (Å²) in [4.78, 5) is 36.9. The SMILES string of the molecule is CC[C@@H](NC(=O)c1cc(OC)ccc1NC(=O)OCC1c2ccccc2-c2ccccc21)C(=O)O. The zero-order valence-electron chi connectivity index (χ0n) is 19.4. The Bertz CT molecular complexity index is 1230. The molecule has 0 spiro atoms. The Hall–Kier alpha value is -4.33. The van der Waals surface area contributed by atoms with Crippen molar-refractivity contribution in [1.82, 2.24) is 5.32 Å². The number of hydrogen-bond donors (Lipinski definition) is 3. The Balaban J connectivity index is 1.50. The van der Waals surface area contributed by atoms with Crippen LogP contribution in [0.3, 0.4) is 0 Å². The third-order valence-electron chi connectivity index (χ3n) is 6.06. The van der Waals surface area contributed by atoms with Crippen molar-refractivity contribution in [3.05, 3.63) is 83.4 Å². The maximum atomic E-state index is 12.8. The van der Waals surface area contributed by atoms with Crippen LogP contribution in [0.15, 0.2) is 66.7 Å². The molecule has 1 atom stereocenters. The predicted octanol–water partition coefficient (Wildman–Crippen LogP) is 4.65. The second kappa shape index (κ2) is 10.3. The molecule has 3 N–H and O–H groups in total. The number of ether oxygens (including phenoxy) is 2. The van der Waals surface area contributed by atoms with Crippen LogP contribution >= 0.6 is 0 Å². The lowest BCUT2D eigenvalue weighted by Crippen LogP contribution is -2.40. The Kier molecular flexibility index (Phi) is 7.01. The number of carbonyl (C=O) groups is 3. The van der Waals surface area contributed by atoms with Gasteiger partial charge in [-0.05, 0) is 46.9 Å². The van der Waals surface area contributed by atoms with Gasteiger partial charge in [0.1, 0.15) is 18.4 Å². The minimum Gasteiger partial charge on any atom is -0.497 e. The van der Waals surface area contributed by atoms with Crippen LogP contribution in [-0.4, -0.2) is 42.8 Å². The number of anilines is 1. The highest BCUT2D eigenvalue weighted by Gasteiger charge is 2.29. The highest BCUT2D eigenvalue weighted by Crippen LogP contribution is 2.44. The Morgan fingerprint density at radius 3 is 2.17 bits per heavy atom. The van der Waals surface area contributed by atoms with Crippen LogP contribution in [0.4, 0.5) is 10.5 Å². The van der Waals surface area contributed by atoms with Gasteiger partial charge in [-0.1, -0.05) is 55.5 Å². The van der Waals surface area contributed by atoms with Gasteiger partial charge in [0.2, 0.25) is 0 Å². The molecule has 4 rings (SSSR count). The second-order valence-electron chi connectivity index (χ2n) is 8.13. The summed E-state index contributed by atoms with van der Waals surface area (Å²) in [5.41, 5.74) is 4.67. The largest absolute Gasteiger partial charge is 0.497 e. The third kappa shape index (κ3) is 4.96. The van der Waals surface area contributed by atoms with Gasteiger partial charge in [0.25, 0.3) is 5.91 Å². The van der Waals surface area contributed by atoms with Gasteiger partial charge in [0, 0.05) is 5.92 Å². The first-order valence-electron chi connectivity index (χ1n) is 11.3. The fourth-order valence-corrected chi connectivity index (χ4v) is 4.27. The van der Waals surface area contributed by atoms with E-state index in [1.165, 1.54) is 19.2 Å². The van der Waals surface area contributed by atoms with E-state index in [4.69, 9.17) is 9.47 Å². The lowest BCUT2D eigenvalue weighted by molar-refractivity contribution is -0.139. The summed E-state index contributed by atoms with van der Waals surface area (Å²) in [5.74, 6) is -1.51. The number of methoxy groups -OCH3 is 1. The number of hydrogen-bond acceptors (Lipinski definition) is 5. The summed E-state index contributed by atoms with van der Waals surface area (Å²) < 4.78 is 10.8. The molecule has 0 unspecified atom stereocenters. The van der Waals surface area contributed by atoms with Crippen molar-refractivity contribution in [2.75, 3.05) is 19.0 Å². The quantitative estimate of drug-likeness (QED) is 0.438. The Labute approximate surface area is 202 Å². The normalized spacial score (nSPS) is 12.7. The number of rotatable bonds is 8. The average Bonchev–Trinajstić information content (AvgIpc) is 3.19. The molecule has 0 heterocycles. The van der Waals surface area contributed by atoms with Crippen LogP contribution < -0.4 is 15.4 Å². The van der Waals surface area contributed by atoms with Gasteiger partial charge >= 0.3 is 12.1 Å². The highest BCUT2D eigenvalue weighted by atomic mass is 16.5. The summed E-state index contributed by atoms with van der Waals surface area (Å²) >= 11 is 0. The van der Waals surface area contributed by atoms with E-state index in [1.54, 1.807) is 13.0 Å². The predicted molar refractivity (Wildman–Crippen MR) is 131 cm³/mol. The molecule has 0 aliphatic heterocycles. The van der Waals surface area contributed by atoms with Crippen LogP contribution in [0, 0.1) is 0 Å². The van der Waals surface area contributed by atoms with Gasteiger partial charge in [0.15, 0.2) is 0 Å². The van der Waals surface area contributed by atoms with E-state index in [2.05, 4.69) is 22.8 Å². The lowest BCUT2D eigenvalue weighted by atomic mass is 9.98. The van der Waals surface area contributed by atoms with Crippen molar-refractivity contribution in [2.45, 2.75) is 25.3 Å². The van der Waals surface area contributed by atoms with Gasteiger partial charge < -0.3 is 19.9 Å². The van der Waals surface area contributed by atoms with E-state index in [1.807, 2.05) is 36.4 Å². The molecule has 8 heteroatoms. The molecule has 3 aromatic carbocycles. The molecule has 0 fully saturated rings. The van der Waals surface area contributed by atoms with Crippen molar-refractivity contribution >= 4 is 23.7 Å². The number of benzene rings is 3. The number of amides is 2. The maximum Gasteiger partial charge on any atom is 0.411 e. The molecule has 35 heavy (non-hydrogen) atoms. The molecule has 3 aromatic rings. The van der Waals surface area contributed by atoms with E-state index in [0.717, 1.165) is 22.3 Å². The average molecular weight is 475 g/mol. The summed E-state index contributed by atoms with van der Waals surface area (Å²) in [6.45, 7) is 1.77. The zero-order chi connectivity index (χ0) is 24.9. The minimum absolute atomic E-state index is 0.0672. The van der Waals surface area contributed by atoms with Gasteiger partial charge in [-0.2, -0.15) is 0 Å². The third-order valence-corrected chi connectivity index (χ3v) is 6.06. The smallest absolute Gasteiger partial charge is 0.411 e. The van der Waals surface area contributed by atoms with Crippen molar-refractivity contribution in [2.24, 2.45) is 0 Å². The van der Waals surface area contributed by atoms with Crippen LogP contribution in [0.5, 0.6) is 5.75 Å². The van der Waals surface area contributed by atoms with Gasteiger partial charge in [-0.25, -0.2) is 9.59 Å². The minimum atomic E-state index is -1.14. The summed E-state index contributed by atoms with van der Waals surface area (Å²) in [6.07, 6.45) is -0.517. The first-order chi connectivity index (χ1) is 16.9. The van der Waals surface area contributed by atoms with Crippen LogP contribution in [0.1, 0.15) is 40.7 Å². The number of aliphatic carboxylic acids is 1. The number of fused-ring (bicyclic) bond motifs is 3. The molecule has 0 saturated carbocycles. The van der Waals surface area contributed by atoms with Crippen LogP contribution in [-0.2, 0) is 9.53 Å². The summed E-state index contributed by atoms with van der Waals surface area (Å²) in [5, 5.41) is 14.3. The molecular formula is C27H26N2O6. The molecule has 0 aromatic heterocycles. The van der Waals surface area contributed by atoms with Crippen LogP contribution in [0.2, 0.25) is 0 Å². The Morgan fingerprint density at radius 1 is 0.971 bits per heavy atom. The molecule has 1 aliphatic carbocycles. The maximum absolute atomic E-state index is 12.8. The van der Waals surface area contributed by atoms with E-state index < -0.39 is 24.0 Å². The van der Waals surface area contributed by atoms with E-state index in [0.29, 0.717) is 5.75 Å². The van der Waals surface area contributed by atoms with Gasteiger partial charge in [-0.15, -0.1) is 0 Å².